The molecule has 0 amide bonds. The quantitative estimate of drug-likeness (QED) is 0.503. The molecule has 4 nitrogen and oxygen atoms in total. The lowest BCUT2D eigenvalue weighted by Gasteiger charge is -2.29. The molecule has 0 saturated carbocycles. The Morgan fingerprint density at radius 1 is 1.08 bits per heavy atom. The van der Waals surface area contributed by atoms with Gasteiger partial charge in [0.15, 0.2) is 11.5 Å². The summed E-state index contributed by atoms with van der Waals surface area (Å²) in [5.41, 5.74) is 6.99. The third-order valence-electron chi connectivity index (χ3n) is 4.70. The molecule has 26 heavy (non-hydrogen) atoms. The van der Waals surface area contributed by atoms with E-state index < -0.39 is 5.54 Å². The molecule has 4 heteroatoms. The molecule has 1 atom stereocenters. The van der Waals surface area contributed by atoms with Gasteiger partial charge in [-0.1, -0.05) is 40.2 Å². The van der Waals surface area contributed by atoms with E-state index in [1.54, 1.807) is 7.11 Å². The van der Waals surface area contributed by atoms with Crippen LogP contribution < -0.4 is 15.2 Å². The summed E-state index contributed by atoms with van der Waals surface area (Å²) in [7, 11) is 1.67. The molecule has 1 rings (SSSR count). The van der Waals surface area contributed by atoms with E-state index >= 15 is 0 Å². The maximum Gasteiger partial charge on any atom is 0.161 e. The third-order valence-corrected chi connectivity index (χ3v) is 4.70. The summed E-state index contributed by atoms with van der Waals surface area (Å²) >= 11 is 0. The molecule has 150 valence electrons. The average Bonchev–Trinajstić information content (AvgIpc) is 2.59. The maximum absolute atomic E-state index is 9.66. The van der Waals surface area contributed by atoms with Crippen molar-refractivity contribution in [1.82, 2.24) is 0 Å². The van der Waals surface area contributed by atoms with E-state index in [0.29, 0.717) is 12.5 Å². The van der Waals surface area contributed by atoms with Crippen LogP contribution in [0.1, 0.15) is 65.4 Å². The van der Waals surface area contributed by atoms with Gasteiger partial charge in [-0.05, 0) is 61.6 Å². The predicted octanol–water partition coefficient (Wildman–Crippen LogP) is 4.57. The molecule has 3 N–H and O–H groups in total. The monoisotopic (exact) mass is 365 g/mol. The summed E-state index contributed by atoms with van der Waals surface area (Å²) in [6, 6.07) is 6.08. The van der Waals surface area contributed by atoms with E-state index in [1.165, 1.54) is 12.8 Å². The number of rotatable bonds is 13. The van der Waals surface area contributed by atoms with Crippen LogP contribution in [0.15, 0.2) is 18.2 Å². The number of aryl methyl sites for hydroxylation is 1. The minimum absolute atomic E-state index is 0.0138. The Bertz CT molecular complexity index is 516. The Balaban J connectivity index is 2.59. The van der Waals surface area contributed by atoms with Crippen LogP contribution in [0.3, 0.4) is 0 Å². The Labute approximate surface area is 160 Å². The van der Waals surface area contributed by atoms with Gasteiger partial charge in [0.1, 0.15) is 0 Å². The molecular weight excluding hydrogens is 326 g/mol. The minimum atomic E-state index is -0.521. The molecule has 0 heterocycles. The lowest BCUT2D eigenvalue weighted by atomic mass is 9.85. The Morgan fingerprint density at radius 2 is 1.81 bits per heavy atom. The van der Waals surface area contributed by atoms with E-state index in [9.17, 15) is 5.11 Å². The Morgan fingerprint density at radius 3 is 2.38 bits per heavy atom. The van der Waals surface area contributed by atoms with Gasteiger partial charge in [-0.2, -0.15) is 0 Å². The first kappa shape index (κ1) is 22.8. The van der Waals surface area contributed by atoms with Crippen LogP contribution in [0.25, 0.3) is 0 Å². The molecule has 0 aromatic heterocycles. The Hall–Kier alpha value is -1.26. The summed E-state index contributed by atoms with van der Waals surface area (Å²) in [6.45, 7) is 9.49. The van der Waals surface area contributed by atoms with E-state index in [1.807, 2.05) is 12.1 Å². The van der Waals surface area contributed by atoms with Crippen molar-refractivity contribution in [3.05, 3.63) is 23.8 Å². The van der Waals surface area contributed by atoms with Crippen LogP contribution in [0.2, 0.25) is 0 Å². The van der Waals surface area contributed by atoms with Crippen molar-refractivity contribution in [2.24, 2.45) is 17.6 Å². The first-order chi connectivity index (χ1) is 12.3. The van der Waals surface area contributed by atoms with Crippen molar-refractivity contribution in [2.75, 3.05) is 20.3 Å². The topological polar surface area (TPSA) is 64.7 Å². The van der Waals surface area contributed by atoms with Crippen molar-refractivity contribution >= 4 is 0 Å². The van der Waals surface area contributed by atoms with Crippen molar-refractivity contribution in [1.29, 1.82) is 0 Å². The van der Waals surface area contributed by atoms with Gasteiger partial charge in [0.05, 0.1) is 20.3 Å². The van der Waals surface area contributed by atoms with Crippen LogP contribution in [0.4, 0.5) is 0 Å². The zero-order valence-electron chi connectivity index (χ0n) is 17.4. The fourth-order valence-electron chi connectivity index (χ4n) is 3.28. The van der Waals surface area contributed by atoms with E-state index in [4.69, 9.17) is 15.2 Å². The highest BCUT2D eigenvalue weighted by Crippen LogP contribution is 2.30. The predicted molar refractivity (Wildman–Crippen MR) is 109 cm³/mol. The van der Waals surface area contributed by atoms with Crippen molar-refractivity contribution in [2.45, 2.75) is 71.8 Å². The van der Waals surface area contributed by atoms with E-state index in [2.05, 4.69) is 33.8 Å². The second kappa shape index (κ2) is 11.5. The number of aliphatic hydroxyl groups is 1. The molecule has 1 aromatic carbocycles. The number of hydrogen-bond acceptors (Lipinski definition) is 4. The van der Waals surface area contributed by atoms with Crippen LogP contribution in [0, 0.1) is 11.8 Å². The number of aliphatic hydroxyl groups excluding tert-OH is 1. The summed E-state index contributed by atoms with van der Waals surface area (Å²) in [6.07, 6.45) is 5.87. The summed E-state index contributed by atoms with van der Waals surface area (Å²) in [5.74, 6) is 2.77. The number of ether oxygens (including phenoxy) is 2. The molecule has 0 aliphatic carbocycles. The molecule has 0 bridgehead atoms. The number of nitrogens with two attached hydrogens (primary N) is 1. The molecular formula is C22H39NO3. The standard InChI is InChI=1S/C22H39NO3/c1-17(2)8-6-7-13-26-20-10-9-19(14-21(20)25-5)11-12-22(23,16-24)15-18(3)4/h9-10,14,17-18,24H,6-8,11-13,15-16,23H2,1-5H3. The number of hydrogen-bond donors (Lipinski definition) is 2. The summed E-state index contributed by atoms with van der Waals surface area (Å²) < 4.78 is 11.4. The molecule has 0 aliphatic rings. The number of unbranched alkanes of at least 4 members (excludes halogenated alkanes) is 1. The van der Waals surface area contributed by atoms with Crippen LogP contribution in [-0.4, -0.2) is 31.0 Å². The molecule has 0 saturated heterocycles. The SMILES string of the molecule is COc1cc(CCC(N)(CO)CC(C)C)ccc1OCCCCC(C)C. The zero-order chi connectivity index (χ0) is 19.6. The fourth-order valence-corrected chi connectivity index (χ4v) is 3.28. The summed E-state index contributed by atoms with van der Waals surface area (Å²) in [4.78, 5) is 0. The lowest BCUT2D eigenvalue weighted by molar-refractivity contribution is 0.165. The third kappa shape index (κ3) is 8.41. The lowest BCUT2D eigenvalue weighted by Crippen LogP contribution is -2.45. The normalized spacial score (nSPS) is 13.9. The molecule has 0 aliphatic heterocycles. The zero-order valence-corrected chi connectivity index (χ0v) is 17.4. The number of methoxy groups -OCH3 is 1. The van der Waals surface area contributed by atoms with Gasteiger partial charge in [-0.15, -0.1) is 0 Å². The van der Waals surface area contributed by atoms with Crippen LogP contribution in [-0.2, 0) is 6.42 Å². The van der Waals surface area contributed by atoms with Gasteiger partial charge >= 0.3 is 0 Å². The molecule has 0 spiro atoms. The highest BCUT2D eigenvalue weighted by Gasteiger charge is 2.25. The van der Waals surface area contributed by atoms with Gasteiger partial charge in [0.25, 0.3) is 0 Å². The molecule has 0 radical (unpaired) electrons. The second-order valence-electron chi connectivity index (χ2n) is 8.34. The van der Waals surface area contributed by atoms with Gasteiger partial charge in [0, 0.05) is 5.54 Å². The van der Waals surface area contributed by atoms with Crippen LogP contribution in [0.5, 0.6) is 11.5 Å². The first-order valence-corrected chi connectivity index (χ1v) is 9.99. The van der Waals surface area contributed by atoms with Crippen molar-refractivity contribution in [3.8, 4) is 11.5 Å². The average molecular weight is 366 g/mol. The van der Waals surface area contributed by atoms with E-state index in [0.717, 1.165) is 48.7 Å². The van der Waals surface area contributed by atoms with E-state index in [-0.39, 0.29) is 6.61 Å². The van der Waals surface area contributed by atoms with Crippen molar-refractivity contribution in [3.63, 3.8) is 0 Å². The minimum Gasteiger partial charge on any atom is -0.493 e. The van der Waals surface area contributed by atoms with Gasteiger partial charge in [-0.25, -0.2) is 0 Å². The maximum atomic E-state index is 9.66. The van der Waals surface area contributed by atoms with Gasteiger partial charge < -0.3 is 20.3 Å². The first-order valence-electron chi connectivity index (χ1n) is 9.99. The molecule has 1 unspecified atom stereocenters. The highest BCUT2D eigenvalue weighted by molar-refractivity contribution is 5.43. The highest BCUT2D eigenvalue weighted by atomic mass is 16.5. The smallest absolute Gasteiger partial charge is 0.161 e. The summed E-state index contributed by atoms with van der Waals surface area (Å²) in [5, 5.41) is 9.66. The van der Waals surface area contributed by atoms with Gasteiger partial charge in [-0.3, -0.25) is 0 Å². The van der Waals surface area contributed by atoms with Crippen molar-refractivity contribution < 1.29 is 14.6 Å². The Kier molecular flexibility index (Phi) is 10.0. The number of benzene rings is 1. The molecule has 0 fully saturated rings. The fraction of sp³-hybridized carbons (Fsp3) is 0.727. The van der Waals surface area contributed by atoms with Gasteiger partial charge in [0.2, 0.25) is 0 Å². The molecule has 1 aromatic rings. The second-order valence-corrected chi connectivity index (χ2v) is 8.34. The largest absolute Gasteiger partial charge is 0.493 e. The van der Waals surface area contributed by atoms with Crippen LogP contribution >= 0.6 is 0 Å².